The second-order valence-corrected chi connectivity index (χ2v) is 9.57. The number of carbonyl (C=O) groups excluding carboxylic acids is 1. The molecule has 0 N–H and O–H groups in total. The quantitative estimate of drug-likeness (QED) is 0.110. The number of rotatable bonds is 12. The molecule has 1 saturated heterocycles. The van der Waals surface area contributed by atoms with Crippen molar-refractivity contribution in [1.29, 1.82) is 0 Å². The van der Waals surface area contributed by atoms with Crippen molar-refractivity contribution in [1.82, 2.24) is 0 Å². The Hall–Kier alpha value is -2.43. The van der Waals surface area contributed by atoms with Crippen LogP contribution in [0.15, 0.2) is 83.3 Å². The van der Waals surface area contributed by atoms with Crippen molar-refractivity contribution in [3.8, 4) is 5.75 Å². The van der Waals surface area contributed by atoms with Crippen molar-refractivity contribution >= 4 is 21.9 Å². The maximum absolute atomic E-state index is 12.5. The molecule has 0 spiro atoms. The lowest BCUT2D eigenvalue weighted by Crippen LogP contribution is -2.15. The van der Waals surface area contributed by atoms with Crippen molar-refractivity contribution in [2.24, 2.45) is 0 Å². The van der Waals surface area contributed by atoms with Gasteiger partial charge in [0.25, 0.3) is 0 Å². The average molecular weight is 507 g/mol. The smallest absolute Gasteiger partial charge is 0.343 e. The Kier molecular flexibility index (Phi) is 8.73. The maximum atomic E-state index is 12.5. The van der Waals surface area contributed by atoms with Crippen LogP contribution in [0.4, 0.5) is 0 Å². The van der Waals surface area contributed by atoms with Crippen LogP contribution in [0.1, 0.15) is 61.3 Å². The van der Waals surface area contributed by atoms with Gasteiger partial charge in [0, 0.05) is 4.47 Å². The molecule has 4 rings (SSSR count). The Bertz CT molecular complexity index is 1020. The highest BCUT2D eigenvalue weighted by Gasteiger charge is 2.48. The number of epoxide rings is 1. The largest absolute Gasteiger partial charge is 0.425 e. The normalized spacial score (nSPS) is 17.0. The number of esters is 1. The average Bonchev–Trinajstić information content (AvgIpc) is 3.64. The third-order valence-corrected chi connectivity index (χ3v) is 6.65. The van der Waals surface area contributed by atoms with Gasteiger partial charge in [0.1, 0.15) is 11.9 Å². The Morgan fingerprint density at radius 3 is 2.15 bits per heavy atom. The monoisotopic (exact) mass is 506 g/mol. The minimum Gasteiger partial charge on any atom is -0.425 e. The summed E-state index contributed by atoms with van der Waals surface area (Å²) in [5, 5.41) is 0. The van der Waals surface area contributed by atoms with E-state index in [0.717, 1.165) is 22.9 Å². The Balaban J connectivity index is 1.16. The number of ether oxygens (including phenoxy) is 2. The molecule has 0 aromatic heterocycles. The highest BCUT2D eigenvalue weighted by atomic mass is 79.9. The molecule has 0 saturated carbocycles. The fourth-order valence-corrected chi connectivity index (χ4v) is 4.51. The Morgan fingerprint density at radius 1 is 0.758 bits per heavy atom. The second kappa shape index (κ2) is 12.2. The summed E-state index contributed by atoms with van der Waals surface area (Å²) in [5.41, 5.74) is 3.85. The summed E-state index contributed by atoms with van der Waals surface area (Å²) in [5.74, 6) is 0.210. The molecule has 1 fully saturated rings. The third kappa shape index (κ3) is 7.28. The number of benzene rings is 3. The van der Waals surface area contributed by atoms with Gasteiger partial charge in [-0.1, -0.05) is 96.2 Å². The molecular formula is C29H31BrO3. The molecule has 0 unspecified atom stereocenters. The molecule has 3 aromatic carbocycles. The standard InChI is InChI=1S/C29H31BrO3/c30-24-18-20-25(21-19-24)32-29(31)28-27(33-28)26-17-11-10-16-23(26)15-9-4-2-1-3-6-12-22-13-7-5-8-14-22/h5,7-8,10-11,13-14,16-21,27-28H,1-4,6,9,12,15H2/t27-,28-/m1/s1. The fraction of sp³-hybridized carbons (Fsp3) is 0.345. The van der Waals surface area contributed by atoms with Crippen LogP contribution in [-0.2, 0) is 22.4 Å². The lowest BCUT2D eigenvalue weighted by Gasteiger charge is -2.08. The van der Waals surface area contributed by atoms with E-state index in [4.69, 9.17) is 9.47 Å². The molecule has 3 nitrogen and oxygen atoms in total. The van der Waals surface area contributed by atoms with Gasteiger partial charge in [0.05, 0.1) is 0 Å². The predicted octanol–water partition coefficient (Wildman–Crippen LogP) is 7.62. The van der Waals surface area contributed by atoms with Crippen molar-refractivity contribution < 1.29 is 14.3 Å². The Morgan fingerprint density at radius 2 is 1.39 bits per heavy atom. The van der Waals surface area contributed by atoms with Gasteiger partial charge in [-0.3, -0.25) is 0 Å². The zero-order valence-electron chi connectivity index (χ0n) is 18.9. The summed E-state index contributed by atoms with van der Waals surface area (Å²) in [6.07, 6.45) is 9.03. The topological polar surface area (TPSA) is 38.8 Å². The molecule has 3 aromatic rings. The van der Waals surface area contributed by atoms with Crippen molar-refractivity contribution in [3.63, 3.8) is 0 Å². The fourth-order valence-electron chi connectivity index (χ4n) is 4.24. The highest BCUT2D eigenvalue weighted by molar-refractivity contribution is 9.10. The molecule has 0 aliphatic carbocycles. The third-order valence-electron chi connectivity index (χ3n) is 6.12. The van der Waals surface area contributed by atoms with Crippen LogP contribution >= 0.6 is 15.9 Å². The molecule has 2 atom stereocenters. The van der Waals surface area contributed by atoms with E-state index < -0.39 is 6.10 Å². The molecule has 1 heterocycles. The molecule has 172 valence electrons. The van der Waals surface area contributed by atoms with E-state index in [1.54, 1.807) is 12.1 Å². The molecule has 1 aliphatic heterocycles. The van der Waals surface area contributed by atoms with E-state index in [-0.39, 0.29) is 12.1 Å². The zero-order chi connectivity index (χ0) is 22.9. The summed E-state index contributed by atoms with van der Waals surface area (Å²) < 4.78 is 12.1. The summed E-state index contributed by atoms with van der Waals surface area (Å²) in [7, 11) is 0. The highest BCUT2D eigenvalue weighted by Crippen LogP contribution is 2.41. The number of halogens is 1. The van der Waals surface area contributed by atoms with Gasteiger partial charge in [-0.25, -0.2) is 4.79 Å². The van der Waals surface area contributed by atoms with Crippen molar-refractivity contribution in [2.75, 3.05) is 0 Å². The van der Waals surface area contributed by atoms with Gasteiger partial charge in [0.2, 0.25) is 0 Å². The van der Waals surface area contributed by atoms with Crippen molar-refractivity contribution in [2.45, 2.75) is 63.6 Å². The van der Waals surface area contributed by atoms with Crippen LogP contribution in [0, 0.1) is 0 Å². The molecule has 1 aliphatic rings. The van der Waals surface area contributed by atoms with E-state index in [1.165, 1.54) is 49.7 Å². The number of aryl methyl sites for hydroxylation is 2. The Labute approximate surface area is 205 Å². The first kappa shape index (κ1) is 23.7. The van der Waals surface area contributed by atoms with Gasteiger partial charge >= 0.3 is 5.97 Å². The van der Waals surface area contributed by atoms with Crippen molar-refractivity contribution in [3.05, 3.63) is 100 Å². The molecule has 0 amide bonds. The van der Waals surface area contributed by atoms with Gasteiger partial charge in [-0.2, -0.15) is 0 Å². The van der Waals surface area contributed by atoms with E-state index >= 15 is 0 Å². The zero-order valence-corrected chi connectivity index (χ0v) is 20.5. The SMILES string of the molecule is O=C(Oc1ccc(Br)cc1)[C@@H]1O[C@@H]1c1ccccc1CCCCCCCCc1ccccc1. The van der Waals surface area contributed by atoms with Crippen LogP contribution in [0.3, 0.4) is 0 Å². The number of hydrogen-bond acceptors (Lipinski definition) is 3. The number of unbranched alkanes of at least 4 members (excludes halogenated alkanes) is 5. The molecule has 4 heteroatoms. The number of carbonyl (C=O) groups is 1. The van der Waals surface area contributed by atoms with Gasteiger partial charge < -0.3 is 9.47 Å². The van der Waals surface area contributed by atoms with Crippen LogP contribution < -0.4 is 4.74 Å². The minimum absolute atomic E-state index is 0.192. The van der Waals surface area contributed by atoms with E-state index in [2.05, 4.69) is 64.5 Å². The van der Waals surface area contributed by atoms with E-state index in [9.17, 15) is 4.79 Å². The van der Waals surface area contributed by atoms with Gasteiger partial charge in [-0.15, -0.1) is 0 Å². The van der Waals surface area contributed by atoms with E-state index in [1.807, 2.05) is 18.2 Å². The summed E-state index contributed by atoms with van der Waals surface area (Å²) >= 11 is 3.39. The first-order valence-corrected chi connectivity index (χ1v) is 12.7. The first-order valence-electron chi connectivity index (χ1n) is 11.9. The van der Waals surface area contributed by atoms with Crippen LogP contribution in [0.25, 0.3) is 0 Å². The van der Waals surface area contributed by atoms with Crippen LogP contribution in [-0.4, -0.2) is 12.1 Å². The summed E-state index contributed by atoms with van der Waals surface area (Å²) in [6.45, 7) is 0. The molecule has 0 bridgehead atoms. The lowest BCUT2D eigenvalue weighted by molar-refractivity contribution is -0.135. The molecule has 0 radical (unpaired) electrons. The first-order chi connectivity index (χ1) is 16.2. The van der Waals surface area contributed by atoms with E-state index in [0.29, 0.717) is 5.75 Å². The predicted molar refractivity (Wildman–Crippen MR) is 135 cm³/mol. The summed E-state index contributed by atoms with van der Waals surface area (Å²) in [6, 6.07) is 26.3. The van der Waals surface area contributed by atoms with Gasteiger partial charge in [0.15, 0.2) is 6.10 Å². The summed E-state index contributed by atoms with van der Waals surface area (Å²) in [4.78, 5) is 12.5. The number of hydrogen-bond donors (Lipinski definition) is 0. The molecular weight excluding hydrogens is 476 g/mol. The maximum Gasteiger partial charge on any atom is 0.343 e. The minimum atomic E-state index is -0.514. The lowest BCUT2D eigenvalue weighted by atomic mass is 9.97. The van der Waals surface area contributed by atoms with Crippen LogP contribution in [0.5, 0.6) is 5.75 Å². The second-order valence-electron chi connectivity index (χ2n) is 8.66. The van der Waals surface area contributed by atoms with Crippen LogP contribution in [0.2, 0.25) is 0 Å². The molecule has 33 heavy (non-hydrogen) atoms. The van der Waals surface area contributed by atoms with Gasteiger partial charge in [-0.05, 0) is 66.6 Å².